The second-order valence-corrected chi connectivity index (χ2v) is 6.46. The van der Waals surface area contributed by atoms with Crippen LogP contribution in [0.2, 0.25) is 0 Å². The molecule has 0 aromatic heterocycles. The van der Waals surface area contributed by atoms with Crippen molar-refractivity contribution in [2.75, 3.05) is 44.9 Å². The van der Waals surface area contributed by atoms with Gasteiger partial charge in [0.05, 0.1) is 31.7 Å². The Morgan fingerprint density at radius 1 is 1.17 bits per heavy atom. The molecule has 0 bridgehead atoms. The first-order valence-electron chi connectivity index (χ1n) is 9.29. The normalized spacial score (nSPS) is 14.4. The minimum atomic E-state index is -0.412. The predicted octanol–water partition coefficient (Wildman–Crippen LogP) is 2.59. The first-order chi connectivity index (χ1) is 14.1. The van der Waals surface area contributed by atoms with Gasteiger partial charge in [0.2, 0.25) is 0 Å². The summed E-state index contributed by atoms with van der Waals surface area (Å²) in [7, 11) is 1.58. The van der Waals surface area contributed by atoms with Crippen molar-refractivity contribution in [1.82, 2.24) is 5.43 Å². The van der Waals surface area contributed by atoms with Crippen LogP contribution >= 0.6 is 0 Å². The topological polar surface area (TPSA) is 72.4 Å². The quantitative estimate of drug-likeness (QED) is 0.570. The molecular formula is C21H24FN3O4. The molecule has 154 valence electrons. The lowest BCUT2D eigenvalue weighted by Gasteiger charge is -2.29. The molecule has 1 fully saturated rings. The third-order valence-corrected chi connectivity index (χ3v) is 4.49. The molecule has 0 unspecified atom stereocenters. The molecule has 29 heavy (non-hydrogen) atoms. The number of nitrogens with one attached hydrogen (secondary N) is 1. The largest absolute Gasteiger partial charge is 0.497 e. The molecular weight excluding hydrogens is 377 g/mol. The fraction of sp³-hybridized carbons (Fsp3) is 0.333. The third kappa shape index (κ3) is 5.68. The fourth-order valence-corrected chi connectivity index (χ4v) is 2.86. The van der Waals surface area contributed by atoms with Gasteiger partial charge in [0, 0.05) is 18.7 Å². The van der Waals surface area contributed by atoms with E-state index in [1.807, 2.05) is 4.90 Å². The van der Waals surface area contributed by atoms with Gasteiger partial charge in [-0.2, -0.15) is 5.10 Å². The molecule has 0 aliphatic carbocycles. The van der Waals surface area contributed by atoms with E-state index in [0.717, 1.165) is 0 Å². The maximum Gasteiger partial charge on any atom is 0.277 e. The Balaban J connectivity index is 1.54. The summed E-state index contributed by atoms with van der Waals surface area (Å²) in [5, 5.41) is 4.03. The minimum Gasteiger partial charge on any atom is -0.497 e. The smallest absolute Gasteiger partial charge is 0.277 e. The lowest BCUT2D eigenvalue weighted by Crippen LogP contribution is -2.36. The fourth-order valence-electron chi connectivity index (χ4n) is 2.86. The lowest BCUT2D eigenvalue weighted by molar-refractivity contribution is -0.123. The van der Waals surface area contributed by atoms with Crippen LogP contribution < -0.4 is 19.8 Å². The van der Waals surface area contributed by atoms with Crippen LogP contribution in [0.15, 0.2) is 47.6 Å². The molecule has 2 aromatic rings. The van der Waals surface area contributed by atoms with Gasteiger partial charge in [-0.25, -0.2) is 9.82 Å². The van der Waals surface area contributed by atoms with Crippen LogP contribution in [0, 0.1) is 5.82 Å². The number of hydrazone groups is 1. The Hall–Kier alpha value is -3.13. The maximum atomic E-state index is 14.5. The van der Waals surface area contributed by atoms with E-state index in [9.17, 15) is 9.18 Å². The van der Waals surface area contributed by atoms with Gasteiger partial charge < -0.3 is 19.1 Å². The third-order valence-electron chi connectivity index (χ3n) is 4.49. The van der Waals surface area contributed by atoms with Crippen molar-refractivity contribution in [2.45, 2.75) is 6.92 Å². The first-order valence-corrected chi connectivity index (χ1v) is 9.29. The summed E-state index contributed by atoms with van der Waals surface area (Å²) < 4.78 is 30.3. The van der Waals surface area contributed by atoms with Crippen molar-refractivity contribution in [3.63, 3.8) is 0 Å². The molecule has 7 nitrogen and oxygen atoms in total. The Morgan fingerprint density at radius 3 is 2.52 bits per heavy atom. The van der Waals surface area contributed by atoms with E-state index in [0.29, 0.717) is 54.8 Å². The van der Waals surface area contributed by atoms with Gasteiger partial charge in [-0.3, -0.25) is 4.79 Å². The highest BCUT2D eigenvalue weighted by Crippen LogP contribution is 2.22. The average molecular weight is 401 g/mol. The molecule has 8 heteroatoms. The summed E-state index contributed by atoms with van der Waals surface area (Å²) >= 11 is 0. The van der Waals surface area contributed by atoms with E-state index in [2.05, 4.69) is 10.5 Å². The molecule has 1 aliphatic rings. The van der Waals surface area contributed by atoms with E-state index < -0.39 is 5.91 Å². The summed E-state index contributed by atoms with van der Waals surface area (Å²) in [4.78, 5) is 13.9. The standard InChI is InChI=1S/C21H24FN3O4/c1-15(16-3-8-20(19(22)13-16)25-9-11-28-12-10-25)23-24-21(26)14-29-18-6-4-17(27-2)5-7-18/h3-8,13H,9-12,14H2,1-2H3,(H,24,26)/b23-15-. The van der Waals surface area contributed by atoms with Gasteiger partial charge >= 0.3 is 0 Å². The van der Waals surface area contributed by atoms with Crippen LogP contribution in [0.1, 0.15) is 12.5 Å². The monoisotopic (exact) mass is 401 g/mol. The average Bonchev–Trinajstić information content (AvgIpc) is 2.76. The number of ether oxygens (including phenoxy) is 3. The molecule has 1 heterocycles. The van der Waals surface area contributed by atoms with E-state index in [1.165, 1.54) is 6.07 Å². The molecule has 1 amide bonds. The number of hydrogen-bond acceptors (Lipinski definition) is 6. The van der Waals surface area contributed by atoms with Gasteiger partial charge in [-0.1, -0.05) is 6.07 Å². The van der Waals surface area contributed by atoms with Crippen LogP contribution in [0.4, 0.5) is 10.1 Å². The molecule has 0 spiro atoms. The van der Waals surface area contributed by atoms with E-state index in [1.54, 1.807) is 50.4 Å². The number of amides is 1. The van der Waals surface area contributed by atoms with Crippen LogP contribution in [-0.2, 0) is 9.53 Å². The summed E-state index contributed by atoms with van der Waals surface area (Å²) in [6.45, 7) is 4.01. The molecule has 0 saturated carbocycles. The highest BCUT2D eigenvalue weighted by molar-refractivity contribution is 5.99. The maximum absolute atomic E-state index is 14.5. The van der Waals surface area contributed by atoms with Crippen molar-refractivity contribution in [3.8, 4) is 11.5 Å². The van der Waals surface area contributed by atoms with Gasteiger partial charge in [0.1, 0.15) is 17.3 Å². The van der Waals surface area contributed by atoms with Gasteiger partial charge in [0.25, 0.3) is 5.91 Å². The number of halogens is 1. The number of methoxy groups -OCH3 is 1. The summed E-state index contributed by atoms with van der Waals surface area (Å²) in [5.41, 5.74) is 4.05. The van der Waals surface area contributed by atoms with Crippen LogP contribution in [0.25, 0.3) is 0 Å². The number of anilines is 1. The second kappa shape index (κ2) is 9.88. The predicted molar refractivity (Wildman–Crippen MR) is 108 cm³/mol. The summed E-state index contributed by atoms with van der Waals surface area (Å²) in [6.07, 6.45) is 0. The summed E-state index contributed by atoms with van der Waals surface area (Å²) in [5.74, 6) is 0.509. The zero-order chi connectivity index (χ0) is 20.6. The molecule has 1 aliphatic heterocycles. The minimum absolute atomic E-state index is 0.187. The second-order valence-electron chi connectivity index (χ2n) is 6.46. The number of nitrogens with zero attached hydrogens (tertiary/aromatic N) is 2. The Bertz CT molecular complexity index is 865. The molecule has 2 aromatic carbocycles. The van der Waals surface area contributed by atoms with Gasteiger partial charge in [0.15, 0.2) is 6.61 Å². The highest BCUT2D eigenvalue weighted by atomic mass is 19.1. The summed E-state index contributed by atoms with van der Waals surface area (Å²) in [6, 6.07) is 11.8. The molecule has 1 saturated heterocycles. The van der Waals surface area contributed by atoms with Gasteiger partial charge in [-0.05, 0) is 43.3 Å². The number of benzene rings is 2. The Kier molecular flexibility index (Phi) is 7.02. The van der Waals surface area contributed by atoms with Crippen molar-refractivity contribution < 1.29 is 23.4 Å². The molecule has 0 atom stereocenters. The van der Waals surface area contributed by atoms with Crippen LogP contribution in [-0.4, -0.2) is 51.6 Å². The highest BCUT2D eigenvalue weighted by Gasteiger charge is 2.15. The number of morpholine rings is 1. The number of carbonyl (C=O) groups is 1. The SMILES string of the molecule is COc1ccc(OCC(=O)N/N=C(/C)c2ccc(N3CCOCC3)c(F)c2)cc1. The number of rotatable bonds is 7. The zero-order valence-electron chi connectivity index (χ0n) is 16.5. The van der Waals surface area contributed by atoms with Crippen molar-refractivity contribution in [3.05, 3.63) is 53.8 Å². The first kappa shape index (κ1) is 20.6. The van der Waals surface area contributed by atoms with Crippen LogP contribution in [0.5, 0.6) is 11.5 Å². The molecule has 1 N–H and O–H groups in total. The van der Waals surface area contributed by atoms with Crippen molar-refractivity contribution in [2.24, 2.45) is 5.10 Å². The Morgan fingerprint density at radius 2 is 1.86 bits per heavy atom. The van der Waals surface area contributed by atoms with Crippen LogP contribution in [0.3, 0.4) is 0 Å². The van der Waals surface area contributed by atoms with E-state index in [4.69, 9.17) is 14.2 Å². The number of carbonyl (C=O) groups excluding carboxylic acids is 1. The van der Waals surface area contributed by atoms with Crippen molar-refractivity contribution in [1.29, 1.82) is 0 Å². The van der Waals surface area contributed by atoms with E-state index in [-0.39, 0.29) is 12.4 Å². The zero-order valence-corrected chi connectivity index (χ0v) is 16.5. The van der Waals surface area contributed by atoms with E-state index >= 15 is 0 Å². The lowest BCUT2D eigenvalue weighted by atomic mass is 10.1. The van der Waals surface area contributed by atoms with Crippen molar-refractivity contribution >= 4 is 17.3 Å². The number of hydrogen-bond donors (Lipinski definition) is 1. The Labute approximate surface area is 169 Å². The van der Waals surface area contributed by atoms with Gasteiger partial charge in [-0.15, -0.1) is 0 Å². The molecule has 3 rings (SSSR count). The molecule has 0 radical (unpaired) electrons.